The van der Waals surface area contributed by atoms with Crippen molar-refractivity contribution in [3.63, 3.8) is 0 Å². The van der Waals surface area contributed by atoms with Crippen LogP contribution in [0, 0.1) is 0 Å². The molecule has 0 aliphatic carbocycles. The van der Waals surface area contributed by atoms with Gasteiger partial charge < -0.3 is 9.64 Å². The molecular formula is C23H24ClN3O2S. The third kappa shape index (κ3) is 5.19. The highest BCUT2D eigenvalue weighted by atomic mass is 35.5. The minimum atomic E-state index is 0.0625. The maximum Gasteiger partial charge on any atom is 0.254 e. The van der Waals surface area contributed by atoms with Gasteiger partial charge in [-0.2, -0.15) is 0 Å². The van der Waals surface area contributed by atoms with Crippen molar-refractivity contribution in [2.45, 2.75) is 13.0 Å². The first kappa shape index (κ1) is 20.8. The van der Waals surface area contributed by atoms with Crippen LogP contribution in [-0.4, -0.2) is 54.0 Å². The second-order valence-electron chi connectivity index (χ2n) is 7.34. The van der Waals surface area contributed by atoms with E-state index in [1.165, 1.54) is 5.56 Å². The second kappa shape index (κ2) is 9.60. The summed E-state index contributed by atoms with van der Waals surface area (Å²) in [6.07, 6.45) is 0.824. The number of hydrogen-bond donors (Lipinski definition) is 0. The van der Waals surface area contributed by atoms with Crippen LogP contribution in [0.1, 0.15) is 26.6 Å². The Bertz CT molecular complexity index is 998. The van der Waals surface area contributed by atoms with Crippen LogP contribution in [0.15, 0.2) is 53.9 Å². The molecule has 2 heterocycles. The Morgan fingerprint density at radius 1 is 1.13 bits per heavy atom. The van der Waals surface area contributed by atoms with Crippen LogP contribution in [0.5, 0.6) is 5.75 Å². The molecule has 5 nitrogen and oxygen atoms in total. The molecule has 4 rings (SSSR count). The van der Waals surface area contributed by atoms with Gasteiger partial charge in [-0.25, -0.2) is 4.98 Å². The van der Waals surface area contributed by atoms with Crippen molar-refractivity contribution in [1.29, 1.82) is 0 Å². The van der Waals surface area contributed by atoms with E-state index in [1.807, 2.05) is 47.4 Å². The lowest BCUT2D eigenvalue weighted by molar-refractivity contribution is 0.0627. The molecule has 1 fully saturated rings. The fraction of sp³-hybridized carbons (Fsp3) is 0.304. The van der Waals surface area contributed by atoms with Crippen LogP contribution >= 0.6 is 22.9 Å². The monoisotopic (exact) mass is 441 g/mol. The van der Waals surface area contributed by atoms with Crippen LogP contribution in [-0.2, 0) is 13.0 Å². The summed E-state index contributed by atoms with van der Waals surface area (Å²) in [6.45, 7) is 3.95. The number of carbonyl (C=O) groups excluding carboxylic acids is 1. The fourth-order valence-electron chi connectivity index (χ4n) is 3.56. The van der Waals surface area contributed by atoms with Gasteiger partial charge in [0.1, 0.15) is 5.75 Å². The fourth-order valence-corrected chi connectivity index (χ4v) is 4.50. The molecule has 0 atom stereocenters. The van der Waals surface area contributed by atoms with E-state index >= 15 is 0 Å². The second-order valence-corrected chi connectivity index (χ2v) is 8.72. The summed E-state index contributed by atoms with van der Waals surface area (Å²) in [7, 11) is 1.61. The van der Waals surface area contributed by atoms with E-state index < -0.39 is 0 Å². The molecule has 30 heavy (non-hydrogen) atoms. The average molecular weight is 442 g/mol. The van der Waals surface area contributed by atoms with Crippen molar-refractivity contribution in [2.75, 3.05) is 33.3 Å². The number of aromatic nitrogens is 1. The first-order valence-corrected chi connectivity index (χ1v) is 11.2. The Balaban J connectivity index is 1.29. The largest absolute Gasteiger partial charge is 0.497 e. The van der Waals surface area contributed by atoms with Crippen molar-refractivity contribution in [1.82, 2.24) is 14.8 Å². The SMILES string of the molecule is COc1cccc(C(=O)N2CCN(Cc3csc(Cc4ccc(Cl)cc4)n3)CC2)c1. The zero-order valence-electron chi connectivity index (χ0n) is 16.9. The van der Waals surface area contributed by atoms with Gasteiger partial charge in [0.15, 0.2) is 0 Å². The van der Waals surface area contributed by atoms with E-state index in [2.05, 4.69) is 10.3 Å². The Morgan fingerprint density at radius 3 is 2.63 bits per heavy atom. The van der Waals surface area contributed by atoms with Gasteiger partial charge in [0, 0.05) is 55.1 Å². The van der Waals surface area contributed by atoms with E-state index in [0.717, 1.165) is 54.9 Å². The Morgan fingerprint density at radius 2 is 1.90 bits per heavy atom. The molecule has 3 aromatic rings. The highest BCUT2D eigenvalue weighted by molar-refractivity contribution is 7.09. The lowest BCUT2D eigenvalue weighted by Crippen LogP contribution is -2.48. The van der Waals surface area contributed by atoms with E-state index in [4.69, 9.17) is 21.3 Å². The summed E-state index contributed by atoms with van der Waals surface area (Å²) < 4.78 is 5.23. The normalized spacial score (nSPS) is 14.7. The predicted molar refractivity (Wildman–Crippen MR) is 121 cm³/mol. The van der Waals surface area contributed by atoms with Crippen molar-refractivity contribution in [3.8, 4) is 5.75 Å². The molecule has 0 bridgehead atoms. The lowest BCUT2D eigenvalue weighted by atomic mass is 10.1. The van der Waals surface area contributed by atoms with Gasteiger partial charge in [0.2, 0.25) is 0 Å². The topological polar surface area (TPSA) is 45.7 Å². The summed E-state index contributed by atoms with van der Waals surface area (Å²) in [4.78, 5) is 21.8. The van der Waals surface area contributed by atoms with Crippen molar-refractivity contribution in [2.24, 2.45) is 0 Å². The highest BCUT2D eigenvalue weighted by Gasteiger charge is 2.23. The first-order chi connectivity index (χ1) is 14.6. The number of thiazole rings is 1. The van der Waals surface area contributed by atoms with Crippen LogP contribution in [0.25, 0.3) is 0 Å². The van der Waals surface area contributed by atoms with Gasteiger partial charge in [-0.15, -0.1) is 11.3 Å². The zero-order valence-corrected chi connectivity index (χ0v) is 18.5. The zero-order chi connectivity index (χ0) is 20.9. The lowest BCUT2D eigenvalue weighted by Gasteiger charge is -2.34. The minimum absolute atomic E-state index is 0.0625. The molecule has 1 aliphatic rings. The van der Waals surface area contributed by atoms with E-state index in [1.54, 1.807) is 24.5 Å². The molecule has 1 aliphatic heterocycles. The number of halogens is 1. The summed E-state index contributed by atoms with van der Waals surface area (Å²) in [5.41, 5.74) is 2.98. The Kier molecular flexibility index (Phi) is 6.67. The average Bonchev–Trinajstić information content (AvgIpc) is 3.22. The third-order valence-corrected chi connectivity index (χ3v) is 6.38. The molecule has 0 saturated carbocycles. The maximum absolute atomic E-state index is 12.8. The molecule has 1 saturated heterocycles. The van der Waals surface area contributed by atoms with Crippen molar-refractivity contribution >= 4 is 28.8 Å². The summed E-state index contributed by atoms with van der Waals surface area (Å²) in [5, 5.41) is 4.00. The number of rotatable bonds is 6. The smallest absolute Gasteiger partial charge is 0.254 e. The number of ether oxygens (including phenoxy) is 1. The van der Waals surface area contributed by atoms with Crippen LogP contribution < -0.4 is 4.74 Å². The van der Waals surface area contributed by atoms with Gasteiger partial charge in [0.25, 0.3) is 5.91 Å². The summed E-state index contributed by atoms with van der Waals surface area (Å²) >= 11 is 7.65. The van der Waals surface area contributed by atoms with Gasteiger partial charge in [0.05, 0.1) is 17.8 Å². The van der Waals surface area contributed by atoms with Crippen molar-refractivity contribution in [3.05, 3.63) is 80.8 Å². The maximum atomic E-state index is 12.8. The molecule has 0 spiro atoms. The molecule has 1 amide bonds. The number of nitrogens with zero attached hydrogens (tertiary/aromatic N) is 3. The Hall–Kier alpha value is -2.41. The van der Waals surface area contributed by atoms with Gasteiger partial charge >= 0.3 is 0 Å². The molecule has 1 aromatic heterocycles. The van der Waals surface area contributed by atoms with Crippen LogP contribution in [0.2, 0.25) is 5.02 Å². The van der Waals surface area contributed by atoms with E-state index in [0.29, 0.717) is 11.3 Å². The number of piperazine rings is 1. The highest BCUT2D eigenvalue weighted by Crippen LogP contribution is 2.19. The van der Waals surface area contributed by atoms with E-state index in [9.17, 15) is 4.79 Å². The van der Waals surface area contributed by atoms with Gasteiger partial charge in [-0.1, -0.05) is 29.8 Å². The van der Waals surface area contributed by atoms with Gasteiger partial charge in [-0.3, -0.25) is 9.69 Å². The molecule has 0 unspecified atom stereocenters. The first-order valence-electron chi connectivity index (χ1n) is 9.94. The summed E-state index contributed by atoms with van der Waals surface area (Å²) in [5.74, 6) is 0.768. The van der Waals surface area contributed by atoms with Crippen LogP contribution in [0.4, 0.5) is 0 Å². The molecule has 156 valence electrons. The predicted octanol–water partition coefficient (Wildman–Crippen LogP) is 4.35. The van der Waals surface area contributed by atoms with Crippen LogP contribution in [0.3, 0.4) is 0 Å². The molecule has 7 heteroatoms. The number of hydrogen-bond acceptors (Lipinski definition) is 5. The number of benzene rings is 2. The van der Waals surface area contributed by atoms with Crippen molar-refractivity contribution < 1.29 is 9.53 Å². The van der Waals surface area contributed by atoms with Gasteiger partial charge in [-0.05, 0) is 35.9 Å². The van der Waals surface area contributed by atoms with E-state index in [-0.39, 0.29) is 5.91 Å². The molecule has 2 aromatic carbocycles. The minimum Gasteiger partial charge on any atom is -0.497 e. The molecular weight excluding hydrogens is 418 g/mol. The quantitative estimate of drug-likeness (QED) is 0.570. The third-order valence-electron chi connectivity index (χ3n) is 5.23. The standard InChI is InChI=1S/C23H24ClN3O2S/c1-29-21-4-2-3-18(14-21)23(28)27-11-9-26(10-12-27)15-20-16-30-22(25-20)13-17-5-7-19(24)8-6-17/h2-8,14,16H,9-13,15H2,1H3. The summed E-state index contributed by atoms with van der Waals surface area (Å²) in [6, 6.07) is 15.3. The Labute approximate surface area is 185 Å². The number of methoxy groups -OCH3 is 1. The number of amides is 1. The molecule has 0 radical (unpaired) electrons. The molecule has 0 N–H and O–H groups in total. The number of carbonyl (C=O) groups is 1.